The van der Waals surface area contributed by atoms with Gasteiger partial charge >= 0.3 is 0 Å². The van der Waals surface area contributed by atoms with Gasteiger partial charge < -0.3 is 9.88 Å². The molecule has 7 heteroatoms. The van der Waals surface area contributed by atoms with Crippen LogP contribution in [0, 0.1) is 11.3 Å². The Balaban J connectivity index is 1.73. The van der Waals surface area contributed by atoms with Crippen molar-refractivity contribution in [1.82, 2.24) is 20.1 Å². The molecule has 3 rings (SSSR count). The topological polar surface area (TPSA) is 59.8 Å². The van der Waals surface area contributed by atoms with Gasteiger partial charge in [0.2, 0.25) is 5.91 Å². The van der Waals surface area contributed by atoms with Gasteiger partial charge in [-0.25, -0.2) is 0 Å². The van der Waals surface area contributed by atoms with Crippen molar-refractivity contribution in [3.63, 3.8) is 0 Å². The van der Waals surface area contributed by atoms with Crippen molar-refractivity contribution in [2.45, 2.75) is 65.1 Å². The number of hydrogen-bond donors (Lipinski definition) is 1. The van der Waals surface area contributed by atoms with Crippen LogP contribution in [-0.2, 0) is 24.7 Å². The molecule has 1 atom stereocenters. The largest absolute Gasteiger partial charge is 0.353 e. The molecule has 0 radical (unpaired) electrons. The fourth-order valence-electron chi connectivity index (χ4n) is 3.52. The fourth-order valence-corrected chi connectivity index (χ4v) is 5.47. The van der Waals surface area contributed by atoms with Crippen LogP contribution in [0.4, 0.5) is 0 Å². The van der Waals surface area contributed by atoms with Crippen LogP contribution in [0.15, 0.2) is 11.2 Å². The number of nitrogens with one attached hydrogen (secondary N) is 1. The van der Waals surface area contributed by atoms with Crippen molar-refractivity contribution in [1.29, 1.82) is 0 Å². The summed E-state index contributed by atoms with van der Waals surface area (Å²) in [5.41, 5.74) is 1.83. The predicted molar refractivity (Wildman–Crippen MR) is 113 cm³/mol. The highest BCUT2D eigenvalue weighted by atomic mass is 32.2. The fraction of sp³-hybridized carbons (Fsp3) is 0.650. The van der Waals surface area contributed by atoms with E-state index in [1.54, 1.807) is 0 Å². The van der Waals surface area contributed by atoms with Gasteiger partial charge in [-0.05, 0) is 56.1 Å². The maximum absolute atomic E-state index is 11.9. The lowest BCUT2D eigenvalue weighted by atomic mass is 9.72. The lowest BCUT2D eigenvalue weighted by molar-refractivity contribution is -0.119. The Bertz CT molecular complexity index is 817. The van der Waals surface area contributed by atoms with Crippen molar-refractivity contribution in [2.24, 2.45) is 18.4 Å². The third-order valence-corrected chi connectivity index (χ3v) is 7.40. The van der Waals surface area contributed by atoms with Gasteiger partial charge in [-0.3, -0.25) is 4.79 Å². The highest BCUT2D eigenvalue weighted by Gasteiger charge is 2.30. The van der Waals surface area contributed by atoms with E-state index in [4.69, 9.17) is 0 Å². The van der Waals surface area contributed by atoms with E-state index in [0.29, 0.717) is 11.2 Å². The highest BCUT2D eigenvalue weighted by Crippen LogP contribution is 2.42. The molecule has 0 bridgehead atoms. The van der Waals surface area contributed by atoms with Crippen LogP contribution < -0.4 is 5.32 Å². The van der Waals surface area contributed by atoms with E-state index in [-0.39, 0.29) is 11.9 Å². The van der Waals surface area contributed by atoms with Gasteiger partial charge in [0, 0.05) is 18.0 Å². The standard InChI is InChI=1S/C20H30N4OS2/c1-12(2)21-17(25)11-26-19-23-22-18(24(19)6)16-10-13-9-14(20(3,4)5)7-8-15(13)27-16/h10,12,14H,7-9,11H2,1-6H3,(H,21,25). The molecular formula is C20H30N4OS2. The summed E-state index contributed by atoms with van der Waals surface area (Å²) in [6, 6.07) is 2.46. The second-order valence-corrected chi connectivity index (χ2v) is 10.8. The Kier molecular flexibility index (Phi) is 6.01. The van der Waals surface area contributed by atoms with Crippen molar-refractivity contribution < 1.29 is 4.79 Å². The predicted octanol–water partition coefficient (Wildman–Crippen LogP) is 4.31. The first-order chi connectivity index (χ1) is 12.6. The van der Waals surface area contributed by atoms with E-state index in [0.717, 1.165) is 29.7 Å². The van der Waals surface area contributed by atoms with Crippen LogP contribution in [0.3, 0.4) is 0 Å². The highest BCUT2D eigenvalue weighted by molar-refractivity contribution is 7.99. The van der Waals surface area contributed by atoms with Gasteiger partial charge in [-0.2, -0.15) is 0 Å². The van der Waals surface area contributed by atoms with Gasteiger partial charge in [-0.15, -0.1) is 21.5 Å². The summed E-state index contributed by atoms with van der Waals surface area (Å²) in [5, 5.41) is 12.4. The second kappa shape index (κ2) is 7.95. The van der Waals surface area contributed by atoms with Crippen molar-refractivity contribution in [3.8, 4) is 10.7 Å². The third-order valence-electron chi connectivity index (χ3n) is 5.14. The van der Waals surface area contributed by atoms with Gasteiger partial charge in [-0.1, -0.05) is 32.5 Å². The van der Waals surface area contributed by atoms with Gasteiger partial charge in [0.1, 0.15) is 0 Å². The minimum Gasteiger partial charge on any atom is -0.353 e. The average Bonchev–Trinajstić information content (AvgIpc) is 3.13. The third kappa shape index (κ3) is 4.74. The van der Waals surface area contributed by atoms with E-state index >= 15 is 0 Å². The molecule has 2 aromatic rings. The molecule has 0 spiro atoms. The van der Waals surface area contributed by atoms with Crippen molar-refractivity contribution in [3.05, 3.63) is 16.5 Å². The first-order valence-corrected chi connectivity index (χ1v) is 11.4. The molecule has 1 aliphatic rings. The number of nitrogens with zero attached hydrogens (tertiary/aromatic N) is 3. The number of amides is 1. The van der Waals surface area contributed by atoms with Gasteiger partial charge in [0.25, 0.3) is 0 Å². The minimum atomic E-state index is 0.0272. The summed E-state index contributed by atoms with van der Waals surface area (Å²) in [6.07, 6.45) is 3.59. The zero-order valence-electron chi connectivity index (χ0n) is 17.1. The minimum absolute atomic E-state index is 0.0272. The molecule has 1 amide bonds. The van der Waals surface area contributed by atoms with E-state index in [1.807, 2.05) is 36.8 Å². The zero-order valence-corrected chi connectivity index (χ0v) is 18.8. The molecule has 0 saturated heterocycles. The first-order valence-electron chi connectivity index (χ1n) is 9.58. The molecule has 0 aliphatic heterocycles. The molecule has 2 heterocycles. The molecule has 0 aromatic carbocycles. The number of hydrogen-bond acceptors (Lipinski definition) is 5. The molecule has 0 saturated carbocycles. The Hall–Kier alpha value is -1.34. The summed E-state index contributed by atoms with van der Waals surface area (Å²) >= 11 is 3.28. The summed E-state index contributed by atoms with van der Waals surface area (Å²) in [5.74, 6) is 2.02. The van der Waals surface area contributed by atoms with Crippen LogP contribution in [-0.4, -0.2) is 32.5 Å². The molecule has 1 N–H and O–H groups in total. The number of fused-ring (bicyclic) bond motifs is 1. The van der Waals surface area contributed by atoms with Crippen LogP contribution in [0.25, 0.3) is 10.7 Å². The van der Waals surface area contributed by atoms with E-state index in [9.17, 15) is 4.79 Å². The van der Waals surface area contributed by atoms with E-state index in [2.05, 4.69) is 42.4 Å². The van der Waals surface area contributed by atoms with Crippen molar-refractivity contribution >= 4 is 29.0 Å². The van der Waals surface area contributed by atoms with Crippen molar-refractivity contribution in [2.75, 3.05) is 5.75 Å². The molecule has 0 fully saturated rings. The smallest absolute Gasteiger partial charge is 0.230 e. The number of aromatic nitrogens is 3. The average molecular weight is 407 g/mol. The number of carbonyl (C=O) groups excluding carboxylic acids is 1. The molecule has 148 valence electrons. The molecule has 1 aliphatic carbocycles. The molecule has 27 heavy (non-hydrogen) atoms. The van der Waals surface area contributed by atoms with Crippen LogP contribution in [0.5, 0.6) is 0 Å². The quantitative estimate of drug-likeness (QED) is 0.752. The summed E-state index contributed by atoms with van der Waals surface area (Å²) in [4.78, 5) is 14.6. The SMILES string of the molecule is CC(C)NC(=O)CSc1nnc(-c2cc3c(s2)CCC(C(C)(C)C)C3)n1C. The Morgan fingerprint density at radius 1 is 1.41 bits per heavy atom. The Morgan fingerprint density at radius 2 is 2.15 bits per heavy atom. The Labute approximate surface area is 170 Å². The van der Waals surface area contributed by atoms with Gasteiger partial charge in [0.05, 0.1) is 10.6 Å². The number of thioether (sulfide) groups is 1. The lowest BCUT2D eigenvalue weighted by Crippen LogP contribution is -2.31. The lowest BCUT2D eigenvalue weighted by Gasteiger charge is -2.33. The number of rotatable bonds is 5. The monoisotopic (exact) mass is 406 g/mol. The number of aryl methyl sites for hydroxylation is 1. The molecule has 5 nitrogen and oxygen atoms in total. The molecule has 1 unspecified atom stereocenters. The maximum atomic E-state index is 11.9. The van der Waals surface area contributed by atoms with Gasteiger partial charge in [0.15, 0.2) is 11.0 Å². The number of thiophene rings is 1. The first kappa shape index (κ1) is 20.4. The van der Waals surface area contributed by atoms with Crippen LogP contribution in [0.1, 0.15) is 51.5 Å². The zero-order chi connectivity index (χ0) is 19.8. The Morgan fingerprint density at radius 3 is 2.81 bits per heavy atom. The number of carbonyl (C=O) groups is 1. The summed E-state index contributed by atoms with van der Waals surface area (Å²) in [7, 11) is 1.98. The van der Waals surface area contributed by atoms with Crippen LogP contribution >= 0.6 is 23.1 Å². The van der Waals surface area contributed by atoms with Crippen LogP contribution in [0.2, 0.25) is 0 Å². The molecule has 2 aromatic heterocycles. The summed E-state index contributed by atoms with van der Waals surface area (Å²) in [6.45, 7) is 11.0. The maximum Gasteiger partial charge on any atom is 0.230 e. The van der Waals surface area contributed by atoms with E-state index < -0.39 is 0 Å². The summed E-state index contributed by atoms with van der Waals surface area (Å²) < 4.78 is 2.01. The second-order valence-electron chi connectivity index (χ2n) is 8.74. The molecular weight excluding hydrogens is 376 g/mol. The normalized spacial score (nSPS) is 17.2. The van der Waals surface area contributed by atoms with E-state index in [1.165, 1.54) is 33.5 Å².